The number of aromatic nitrogens is 2. The maximum absolute atomic E-state index is 5.84. The quantitative estimate of drug-likeness (QED) is 0.620. The molecule has 0 atom stereocenters. The van der Waals surface area contributed by atoms with Crippen LogP contribution >= 0.6 is 0 Å². The van der Waals surface area contributed by atoms with Gasteiger partial charge in [-0.05, 0) is 27.7 Å². The Hall–Kier alpha value is -0.693. The van der Waals surface area contributed by atoms with Crippen molar-refractivity contribution in [2.75, 3.05) is 19.8 Å². The molecule has 0 aliphatic carbocycles. The standard InChI is InChI=1S/C13H26N2O3Si/c1-5-15-11-10-14-13(15)9-12-19(16-6-2,17-7-3)18-8-4/h10-11H,5-9,12H2,1-4H3. The number of hydrogen-bond acceptors (Lipinski definition) is 4. The summed E-state index contributed by atoms with van der Waals surface area (Å²) >= 11 is 0. The van der Waals surface area contributed by atoms with Gasteiger partial charge >= 0.3 is 8.80 Å². The Morgan fingerprint density at radius 3 is 2.11 bits per heavy atom. The van der Waals surface area contributed by atoms with Crippen molar-refractivity contribution in [3.8, 4) is 0 Å². The molecule has 5 nitrogen and oxygen atoms in total. The van der Waals surface area contributed by atoms with Gasteiger partial charge in [-0.2, -0.15) is 0 Å². The van der Waals surface area contributed by atoms with Crippen LogP contribution in [0.4, 0.5) is 0 Å². The third-order valence-corrected chi connectivity index (χ3v) is 5.94. The van der Waals surface area contributed by atoms with E-state index in [1.165, 1.54) is 0 Å². The van der Waals surface area contributed by atoms with Crippen molar-refractivity contribution in [3.05, 3.63) is 18.2 Å². The highest BCUT2D eigenvalue weighted by Crippen LogP contribution is 2.18. The summed E-state index contributed by atoms with van der Waals surface area (Å²) in [6, 6.07) is 0.777. The highest BCUT2D eigenvalue weighted by atomic mass is 28.4. The monoisotopic (exact) mass is 286 g/mol. The van der Waals surface area contributed by atoms with E-state index >= 15 is 0 Å². The Morgan fingerprint density at radius 2 is 1.63 bits per heavy atom. The van der Waals surface area contributed by atoms with Gasteiger partial charge in [-0.3, -0.25) is 0 Å². The van der Waals surface area contributed by atoms with E-state index in [1.807, 2.05) is 33.2 Å². The molecule has 0 aromatic carbocycles. The smallest absolute Gasteiger partial charge is 0.374 e. The molecule has 1 aromatic heterocycles. The Morgan fingerprint density at radius 1 is 1.05 bits per heavy atom. The Kier molecular flexibility index (Phi) is 7.30. The van der Waals surface area contributed by atoms with Crippen LogP contribution in [0.3, 0.4) is 0 Å². The molecule has 1 rings (SSSR count). The van der Waals surface area contributed by atoms with Gasteiger partial charge in [0.15, 0.2) is 0 Å². The van der Waals surface area contributed by atoms with Gasteiger partial charge in [0.25, 0.3) is 0 Å². The summed E-state index contributed by atoms with van der Waals surface area (Å²) in [5, 5.41) is 0. The van der Waals surface area contributed by atoms with Crippen LogP contribution in [0.15, 0.2) is 12.4 Å². The van der Waals surface area contributed by atoms with Crippen molar-refractivity contribution < 1.29 is 13.3 Å². The Labute approximate surface area is 117 Å². The average Bonchev–Trinajstić information content (AvgIpc) is 2.85. The molecule has 0 radical (unpaired) electrons. The highest BCUT2D eigenvalue weighted by molar-refractivity contribution is 6.60. The van der Waals surface area contributed by atoms with Crippen LogP contribution in [0.5, 0.6) is 0 Å². The van der Waals surface area contributed by atoms with Gasteiger partial charge in [0.1, 0.15) is 5.82 Å². The molecular formula is C13H26N2O3Si. The van der Waals surface area contributed by atoms with Crippen molar-refractivity contribution in [1.82, 2.24) is 9.55 Å². The molecule has 6 heteroatoms. The molecular weight excluding hydrogens is 260 g/mol. The predicted molar refractivity (Wildman–Crippen MR) is 77.0 cm³/mol. The maximum Gasteiger partial charge on any atom is 0.501 e. The number of rotatable bonds is 10. The van der Waals surface area contributed by atoms with E-state index < -0.39 is 8.80 Å². The zero-order chi connectivity index (χ0) is 14.1. The van der Waals surface area contributed by atoms with E-state index in [2.05, 4.69) is 16.5 Å². The Bertz CT molecular complexity index is 340. The van der Waals surface area contributed by atoms with E-state index in [0.717, 1.165) is 24.8 Å². The molecule has 110 valence electrons. The number of hydrogen-bond donors (Lipinski definition) is 0. The van der Waals surface area contributed by atoms with Crippen LogP contribution < -0.4 is 0 Å². The fraction of sp³-hybridized carbons (Fsp3) is 0.769. The SMILES string of the molecule is CCO[Si](CCc1nccn1CC)(OCC)OCC. The number of aryl methyl sites for hydroxylation is 2. The van der Waals surface area contributed by atoms with Gasteiger partial charge in [-0.15, -0.1) is 0 Å². The lowest BCUT2D eigenvalue weighted by Crippen LogP contribution is -2.46. The van der Waals surface area contributed by atoms with Crippen LogP contribution in [-0.4, -0.2) is 38.2 Å². The third kappa shape index (κ3) is 4.72. The fourth-order valence-corrected chi connectivity index (χ4v) is 4.65. The molecule has 1 heterocycles. The van der Waals surface area contributed by atoms with Gasteiger partial charge in [0, 0.05) is 51.2 Å². The maximum atomic E-state index is 5.84. The van der Waals surface area contributed by atoms with Crippen LogP contribution in [-0.2, 0) is 26.2 Å². The lowest BCUT2D eigenvalue weighted by Gasteiger charge is -2.28. The van der Waals surface area contributed by atoms with Crippen LogP contribution in [0.1, 0.15) is 33.5 Å². The topological polar surface area (TPSA) is 45.5 Å². The average molecular weight is 286 g/mol. The van der Waals surface area contributed by atoms with Gasteiger partial charge in [-0.1, -0.05) is 0 Å². The van der Waals surface area contributed by atoms with E-state index in [0.29, 0.717) is 19.8 Å². The molecule has 0 amide bonds. The zero-order valence-corrected chi connectivity index (χ0v) is 13.5. The molecule has 0 N–H and O–H groups in total. The normalized spacial score (nSPS) is 12.0. The van der Waals surface area contributed by atoms with Gasteiger partial charge < -0.3 is 17.8 Å². The van der Waals surface area contributed by atoms with Gasteiger partial charge in [0.2, 0.25) is 0 Å². The van der Waals surface area contributed by atoms with E-state index in [1.54, 1.807) is 0 Å². The van der Waals surface area contributed by atoms with Crippen LogP contribution in [0.2, 0.25) is 6.04 Å². The molecule has 0 bridgehead atoms. The summed E-state index contributed by atoms with van der Waals surface area (Å²) in [6.07, 6.45) is 4.66. The van der Waals surface area contributed by atoms with Gasteiger partial charge in [0.05, 0.1) is 0 Å². The fourth-order valence-electron chi connectivity index (χ4n) is 2.12. The minimum atomic E-state index is -2.54. The van der Waals surface area contributed by atoms with E-state index in [4.69, 9.17) is 13.3 Å². The molecule has 0 saturated carbocycles. The molecule has 19 heavy (non-hydrogen) atoms. The van der Waals surface area contributed by atoms with E-state index in [9.17, 15) is 0 Å². The molecule has 0 aliphatic rings. The molecule has 0 saturated heterocycles. The van der Waals surface area contributed by atoms with Crippen molar-refractivity contribution in [2.45, 2.75) is 46.7 Å². The summed E-state index contributed by atoms with van der Waals surface area (Å²) in [4.78, 5) is 4.39. The van der Waals surface area contributed by atoms with E-state index in [-0.39, 0.29) is 0 Å². The lowest BCUT2D eigenvalue weighted by atomic mass is 10.4. The van der Waals surface area contributed by atoms with Crippen LogP contribution in [0, 0.1) is 0 Å². The number of nitrogens with zero attached hydrogens (tertiary/aromatic N) is 2. The summed E-state index contributed by atoms with van der Waals surface area (Å²) in [5.74, 6) is 1.07. The molecule has 0 spiro atoms. The second-order valence-electron chi connectivity index (χ2n) is 4.11. The van der Waals surface area contributed by atoms with Crippen molar-refractivity contribution in [1.29, 1.82) is 0 Å². The lowest BCUT2D eigenvalue weighted by molar-refractivity contribution is 0.0712. The first-order valence-electron chi connectivity index (χ1n) is 7.13. The first kappa shape index (κ1) is 16.4. The Balaban J connectivity index is 2.70. The molecule has 0 fully saturated rings. The minimum absolute atomic E-state index is 0.619. The van der Waals surface area contributed by atoms with Crippen molar-refractivity contribution in [3.63, 3.8) is 0 Å². The molecule has 0 aliphatic heterocycles. The molecule has 0 unspecified atom stereocenters. The second-order valence-corrected chi connectivity index (χ2v) is 6.84. The first-order chi connectivity index (χ1) is 9.21. The third-order valence-electron chi connectivity index (χ3n) is 2.89. The summed E-state index contributed by atoms with van der Waals surface area (Å²) < 4.78 is 19.7. The van der Waals surface area contributed by atoms with Gasteiger partial charge in [-0.25, -0.2) is 4.98 Å². The number of imidazole rings is 1. The molecule has 1 aromatic rings. The minimum Gasteiger partial charge on any atom is -0.374 e. The van der Waals surface area contributed by atoms with Crippen LogP contribution in [0.25, 0.3) is 0 Å². The second kappa shape index (κ2) is 8.47. The summed E-state index contributed by atoms with van der Waals surface area (Å²) in [6.45, 7) is 10.8. The predicted octanol–water partition coefficient (Wildman–Crippen LogP) is 2.49. The summed E-state index contributed by atoms with van der Waals surface area (Å²) in [5.41, 5.74) is 0. The highest BCUT2D eigenvalue weighted by Gasteiger charge is 2.40. The van der Waals surface area contributed by atoms with Crippen molar-refractivity contribution >= 4 is 8.80 Å². The largest absolute Gasteiger partial charge is 0.501 e. The van der Waals surface area contributed by atoms with Crippen molar-refractivity contribution in [2.24, 2.45) is 0 Å². The summed E-state index contributed by atoms with van der Waals surface area (Å²) in [7, 11) is -2.54. The zero-order valence-electron chi connectivity index (χ0n) is 12.5. The first-order valence-corrected chi connectivity index (χ1v) is 9.06.